The van der Waals surface area contributed by atoms with Crippen molar-refractivity contribution in [1.29, 1.82) is 0 Å². The lowest BCUT2D eigenvalue weighted by atomic mass is 10.2. The van der Waals surface area contributed by atoms with E-state index in [4.69, 9.17) is 14.0 Å². The summed E-state index contributed by atoms with van der Waals surface area (Å²) in [6, 6.07) is 14.3. The van der Waals surface area contributed by atoms with E-state index in [1.807, 2.05) is 55.5 Å². The third-order valence-electron chi connectivity index (χ3n) is 4.98. The molecule has 1 saturated heterocycles. The lowest BCUT2D eigenvalue weighted by molar-refractivity contribution is 0.193. The Morgan fingerprint density at radius 2 is 2.07 bits per heavy atom. The monoisotopic (exact) mass is 408 g/mol. The number of aromatic nitrogens is 2. The molecule has 0 aliphatic carbocycles. The zero-order valence-corrected chi connectivity index (χ0v) is 17.0. The summed E-state index contributed by atoms with van der Waals surface area (Å²) in [5.74, 6) is 2.40. The van der Waals surface area contributed by atoms with Crippen LogP contribution < -0.4 is 14.8 Å². The van der Waals surface area contributed by atoms with Crippen molar-refractivity contribution in [2.45, 2.75) is 25.8 Å². The van der Waals surface area contributed by atoms with E-state index in [1.54, 1.807) is 12.0 Å². The van der Waals surface area contributed by atoms with Gasteiger partial charge in [0.2, 0.25) is 11.7 Å². The molecule has 30 heavy (non-hydrogen) atoms. The van der Waals surface area contributed by atoms with Gasteiger partial charge < -0.3 is 24.2 Å². The maximum absolute atomic E-state index is 12.8. The molecule has 2 amide bonds. The molecule has 0 saturated carbocycles. The molecule has 4 rings (SSSR count). The van der Waals surface area contributed by atoms with Crippen molar-refractivity contribution in [1.82, 2.24) is 15.0 Å². The molecule has 1 fully saturated rings. The molecule has 8 nitrogen and oxygen atoms in total. The Balaban J connectivity index is 1.47. The van der Waals surface area contributed by atoms with E-state index >= 15 is 0 Å². The third kappa shape index (κ3) is 4.22. The van der Waals surface area contributed by atoms with Gasteiger partial charge in [0, 0.05) is 17.8 Å². The van der Waals surface area contributed by atoms with Gasteiger partial charge in [-0.05, 0) is 56.2 Å². The molecule has 1 aliphatic heterocycles. The fraction of sp³-hybridized carbons (Fsp3) is 0.318. The van der Waals surface area contributed by atoms with Crippen LogP contribution in [0.15, 0.2) is 53.1 Å². The zero-order valence-electron chi connectivity index (χ0n) is 17.0. The summed E-state index contributed by atoms with van der Waals surface area (Å²) in [4.78, 5) is 19.1. The highest BCUT2D eigenvalue weighted by Crippen LogP contribution is 2.33. The van der Waals surface area contributed by atoms with Gasteiger partial charge >= 0.3 is 6.03 Å². The molecule has 3 aromatic rings. The number of rotatable bonds is 6. The average molecular weight is 408 g/mol. The molecule has 8 heteroatoms. The quantitative estimate of drug-likeness (QED) is 0.645. The minimum Gasteiger partial charge on any atom is -0.497 e. The second-order valence-electron chi connectivity index (χ2n) is 6.93. The third-order valence-corrected chi connectivity index (χ3v) is 4.98. The highest BCUT2D eigenvalue weighted by molar-refractivity contribution is 5.89. The van der Waals surface area contributed by atoms with Gasteiger partial charge in [-0.1, -0.05) is 17.3 Å². The van der Waals surface area contributed by atoms with E-state index < -0.39 is 0 Å². The van der Waals surface area contributed by atoms with E-state index in [2.05, 4.69) is 15.5 Å². The topological polar surface area (TPSA) is 89.7 Å². The van der Waals surface area contributed by atoms with Gasteiger partial charge in [0.25, 0.3) is 0 Å². The second kappa shape index (κ2) is 8.86. The van der Waals surface area contributed by atoms with E-state index in [1.165, 1.54) is 0 Å². The first kappa shape index (κ1) is 19.8. The molecule has 2 aromatic carbocycles. The van der Waals surface area contributed by atoms with Crippen molar-refractivity contribution >= 4 is 11.7 Å². The number of hydrogen-bond donors (Lipinski definition) is 1. The van der Waals surface area contributed by atoms with Crippen LogP contribution in [-0.4, -0.2) is 41.3 Å². The van der Waals surface area contributed by atoms with Gasteiger partial charge in [0.05, 0.1) is 13.7 Å². The predicted molar refractivity (Wildman–Crippen MR) is 112 cm³/mol. The smallest absolute Gasteiger partial charge is 0.322 e. The Bertz CT molecular complexity index is 1000. The molecule has 2 heterocycles. The van der Waals surface area contributed by atoms with E-state index in [0.29, 0.717) is 30.6 Å². The normalized spacial score (nSPS) is 15.8. The summed E-state index contributed by atoms with van der Waals surface area (Å²) in [6.07, 6.45) is 1.65. The number of benzene rings is 2. The van der Waals surface area contributed by atoms with E-state index in [0.717, 1.165) is 29.9 Å². The van der Waals surface area contributed by atoms with Crippen LogP contribution >= 0.6 is 0 Å². The summed E-state index contributed by atoms with van der Waals surface area (Å²) < 4.78 is 16.2. The largest absolute Gasteiger partial charge is 0.497 e. The summed E-state index contributed by atoms with van der Waals surface area (Å²) >= 11 is 0. The SMILES string of the molecule is CCOc1ccc(NC(=O)N2CCCC2c2nc(-c3cccc(OC)c3)no2)cc1. The molecule has 156 valence electrons. The van der Waals surface area contributed by atoms with Crippen LogP contribution in [0.25, 0.3) is 11.4 Å². The highest BCUT2D eigenvalue weighted by atomic mass is 16.5. The zero-order chi connectivity index (χ0) is 20.9. The molecule has 1 unspecified atom stereocenters. The van der Waals surface area contributed by atoms with Gasteiger partial charge in [0.15, 0.2) is 0 Å². The molecule has 0 spiro atoms. The Morgan fingerprint density at radius 1 is 1.23 bits per heavy atom. The second-order valence-corrected chi connectivity index (χ2v) is 6.93. The lowest BCUT2D eigenvalue weighted by Crippen LogP contribution is -2.34. The maximum atomic E-state index is 12.8. The van der Waals surface area contributed by atoms with Crippen LogP contribution in [0.4, 0.5) is 10.5 Å². The Morgan fingerprint density at radius 3 is 2.83 bits per heavy atom. The number of nitrogens with zero attached hydrogens (tertiary/aromatic N) is 3. The molecule has 1 atom stereocenters. The molecule has 0 radical (unpaired) electrons. The molecule has 0 bridgehead atoms. The fourth-order valence-electron chi connectivity index (χ4n) is 3.51. The minimum atomic E-state index is -0.250. The van der Waals surface area contributed by atoms with Gasteiger partial charge in [-0.25, -0.2) is 4.79 Å². The number of ether oxygens (including phenoxy) is 2. The van der Waals surface area contributed by atoms with E-state index in [9.17, 15) is 4.79 Å². The molecule has 1 aliphatic rings. The van der Waals surface area contributed by atoms with Crippen LogP contribution in [0.3, 0.4) is 0 Å². The summed E-state index contributed by atoms with van der Waals surface area (Å²) in [5, 5.41) is 7.03. The minimum absolute atomic E-state index is 0.192. The predicted octanol–water partition coefficient (Wildman–Crippen LogP) is 4.51. The van der Waals surface area contributed by atoms with Crippen LogP contribution in [-0.2, 0) is 0 Å². The van der Waals surface area contributed by atoms with Crippen molar-refractivity contribution in [3.8, 4) is 22.9 Å². The number of anilines is 1. The number of carbonyl (C=O) groups excluding carboxylic acids is 1. The van der Waals surface area contributed by atoms with Crippen LogP contribution in [0.2, 0.25) is 0 Å². The number of carbonyl (C=O) groups is 1. The summed E-state index contributed by atoms with van der Waals surface area (Å²) in [7, 11) is 1.61. The van der Waals surface area contributed by atoms with Crippen LogP contribution in [0.5, 0.6) is 11.5 Å². The number of urea groups is 1. The van der Waals surface area contributed by atoms with Gasteiger partial charge in [-0.3, -0.25) is 0 Å². The highest BCUT2D eigenvalue weighted by Gasteiger charge is 2.34. The first-order valence-corrected chi connectivity index (χ1v) is 9.96. The number of nitrogens with one attached hydrogen (secondary N) is 1. The van der Waals surface area contributed by atoms with Gasteiger partial charge in [-0.2, -0.15) is 4.98 Å². The number of methoxy groups -OCH3 is 1. The van der Waals surface area contributed by atoms with Crippen molar-refractivity contribution in [2.24, 2.45) is 0 Å². The van der Waals surface area contributed by atoms with Gasteiger partial charge in [-0.15, -0.1) is 0 Å². The van der Waals surface area contributed by atoms with Crippen LogP contribution in [0, 0.1) is 0 Å². The lowest BCUT2D eigenvalue weighted by Gasteiger charge is -2.22. The molecular weight excluding hydrogens is 384 g/mol. The Hall–Kier alpha value is -3.55. The Labute approximate surface area is 174 Å². The summed E-state index contributed by atoms with van der Waals surface area (Å²) in [5.41, 5.74) is 1.50. The van der Waals surface area contributed by atoms with Crippen molar-refractivity contribution in [3.63, 3.8) is 0 Å². The van der Waals surface area contributed by atoms with Crippen molar-refractivity contribution < 1.29 is 18.8 Å². The standard InChI is InChI=1S/C22H24N4O4/c1-3-29-17-11-9-16(10-12-17)23-22(27)26-13-5-8-19(26)21-24-20(25-30-21)15-6-4-7-18(14-15)28-2/h4,6-7,9-12,14,19H,3,5,8,13H2,1-2H3,(H,23,27). The van der Waals surface area contributed by atoms with E-state index in [-0.39, 0.29) is 12.1 Å². The number of amides is 2. The fourth-order valence-corrected chi connectivity index (χ4v) is 3.51. The maximum Gasteiger partial charge on any atom is 0.322 e. The molecule has 1 N–H and O–H groups in total. The van der Waals surface area contributed by atoms with Crippen molar-refractivity contribution in [3.05, 3.63) is 54.4 Å². The first-order chi connectivity index (χ1) is 14.7. The van der Waals surface area contributed by atoms with Crippen LogP contribution in [0.1, 0.15) is 31.7 Å². The number of likely N-dealkylation sites (tertiary alicyclic amines) is 1. The molecular formula is C22H24N4O4. The van der Waals surface area contributed by atoms with Crippen molar-refractivity contribution in [2.75, 3.05) is 25.6 Å². The first-order valence-electron chi connectivity index (χ1n) is 9.96. The Kier molecular flexibility index (Phi) is 5.83. The molecule has 1 aromatic heterocycles. The van der Waals surface area contributed by atoms with Gasteiger partial charge in [0.1, 0.15) is 17.5 Å². The number of hydrogen-bond acceptors (Lipinski definition) is 6. The summed E-state index contributed by atoms with van der Waals surface area (Å²) in [6.45, 7) is 3.16. The average Bonchev–Trinajstić information content (AvgIpc) is 3.45.